The van der Waals surface area contributed by atoms with Gasteiger partial charge in [0.25, 0.3) is 0 Å². The minimum Gasteiger partial charge on any atom is -0.381 e. The Labute approximate surface area is 688 Å². The van der Waals surface area contributed by atoms with Crippen molar-refractivity contribution in [2.24, 2.45) is 0 Å². The third-order valence-corrected chi connectivity index (χ3v) is 24.9. The summed E-state index contributed by atoms with van der Waals surface area (Å²) in [5.41, 5.74) is 36.7. The van der Waals surface area contributed by atoms with E-state index in [4.69, 9.17) is 4.74 Å². The molecular formula is C112H94N4O. The van der Waals surface area contributed by atoms with Crippen LogP contribution in [0.25, 0.3) is 128 Å². The maximum absolute atomic E-state index is 4.94. The van der Waals surface area contributed by atoms with E-state index in [1.807, 2.05) is 6.08 Å². The van der Waals surface area contributed by atoms with Crippen molar-refractivity contribution in [2.45, 2.75) is 77.6 Å². The Hall–Kier alpha value is -13.6. The number of fused-ring (bicyclic) bond motifs is 12. The fraction of sp³-hybridized carbons (Fsp3) is 0.125. The van der Waals surface area contributed by atoms with Crippen molar-refractivity contribution in [1.82, 2.24) is 9.13 Å². The Balaban J connectivity index is 0.000000147. The molecule has 0 radical (unpaired) electrons. The minimum atomic E-state index is -0.0918. The predicted molar refractivity (Wildman–Crippen MR) is 497 cm³/mol. The van der Waals surface area contributed by atoms with Crippen molar-refractivity contribution < 1.29 is 4.74 Å². The van der Waals surface area contributed by atoms with Gasteiger partial charge in [-0.3, -0.25) is 0 Å². The van der Waals surface area contributed by atoms with Gasteiger partial charge in [0.1, 0.15) is 0 Å². The van der Waals surface area contributed by atoms with Gasteiger partial charge in [-0.2, -0.15) is 0 Å². The molecule has 2 aromatic heterocycles. The van der Waals surface area contributed by atoms with Crippen molar-refractivity contribution in [2.75, 3.05) is 23.0 Å². The highest BCUT2D eigenvalue weighted by molar-refractivity contribution is 6.12. The lowest BCUT2D eigenvalue weighted by molar-refractivity contribution is 0.198. The van der Waals surface area contributed by atoms with Crippen LogP contribution < -0.4 is 9.80 Å². The molecule has 0 bridgehead atoms. The first-order valence-corrected chi connectivity index (χ1v) is 41.5. The molecule has 0 spiro atoms. The third kappa shape index (κ3) is 13.6. The SMILES string of the molecule is C1CCOC1.C=Cc1ccc(-n2c3ccccc3c3cc(-c4ccc(N(c5ccc(-c6ccccc6)cc5)c5ccc6c(c5)C(C)(C)c5ccccc5-6)cc4)ccc32)cc1.CCC(C)c1ccc(-n2c3ccccc3c3cc(-c4ccc(N(c5ccc(-c6ccccc6)cc5)c5ccc6c(c5)C(C)(C)c5ccccc5-6)cc4)ccc32)cc1. The molecule has 1 aliphatic heterocycles. The van der Waals surface area contributed by atoms with Gasteiger partial charge in [0.2, 0.25) is 0 Å². The van der Waals surface area contributed by atoms with Crippen LogP contribution in [0.2, 0.25) is 0 Å². The van der Waals surface area contributed by atoms with Gasteiger partial charge in [0, 0.05) is 91.1 Å². The molecule has 5 nitrogen and oxygen atoms in total. The lowest BCUT2D eigenvalue weighted by Crippen LogP contribution is -2.16. The van der Waals surface area contributed by atoms with Gasteiger partial charge in [0.15, 0.2) is 0 Å². The molecule has 3 heterocycles. The Morgan fingerprint density at radius 1 is 0.316 bits per heavy atom. The average Bonchev–Trinajstić information content (AvgIpc) is 1.60. The molecule has 16 aromatic carbocycles. The van der Waals surface area contributed by atoms with E-state index < -0.39 is 0 Å². The zero-order valence-corrected chi connectivity index (χ0v) is 67.4. The largest absolute Gasteiger partial charge is 0.381 e. The molecule has 18 aromatic rings. The molecule has 5 heteroatoms. The maximum atomic E-state index is 4.94. The molecular weight excluding hydrogens is 1420 g/mol. The molecule has 0 N–H and O–H groups in total. The van der Waals surface area contributed by atoms with E-state index in [1.54, 1.807) is 0 Å². The highest BCUT2D eigenvalue weighted by Crippen LogP contribution is 2.53. The quantitative estimate of drug-likeness (QED) is 0.102. The number of hydrogen-bond acceptors (Lipinski definition) is 3. The van der Waals surface area contributed by atoms with E-state index >= 15 is 0 Å². The van der Waals surface area contributed by atoms with Crippen LogP contribution in [0.4, 0.5) is 34.1 Å². The second-order valence-corrected chi connectivity index (χ2v) is 32.6. The Morgan fingerprint density at radius 3 is 1.03 bits per heavy atom. The first-order chi connectivity index (χ1) is 57.4. The maximum Gasteiger partial charge on any atom is 0.0541 e. The first kappa shape index (κ1) is 73.6. The van der Waals surface area contributed by atoms with Gasteiger partial charge in [-0.25, -0.2) is 0 Å². The fourth-order valence-electron chi connectivity index (χ4n) is 18.3. The summed E-state index contributed by atoms with van der Waals surface area (Å²) in [6.07, 6.45) is 5.58. The van der Waals surface area contributed by atoms with E-state index in [2.05, 4.69) is 443 Å². The van der Waals surface area contributed by atoms with Crippen molar-refractivity contribution in [3.05, 3.63) is 416 Å². The molecule has 1 unspecified atom stereocenters. The van der Waals surface area contributed by atoms with E-state index in [0.717, 1.165) is 65.0 Å². The second-order valence-electron chi connectivity index (χ2n) is 32.6. The smallest absolute Gasteiger partial charge is 0.0541 e. The van der Waals surface area contributed by atoms with Crippen LogP contribution in [0.15, 0.2) is 383 Å². The van der Waals surface area contributed by atoms with Gasteiger partial charge in [-0.05, 0) is 259 Å². The molecule has 3 aliphatic rings. The van der Waals surface area contributed by atoms with Crippen molar-refractivity contribution >= 4 is 83.8 Å². The predicted octanol–water partition coefficient (Wildman–Crippen LogP) is 30.7. The summed E-state index contributed by atoms with van der Waals surface area (Å²) in [5, 5.41) is 5.02. The molecule has 1 saturated heterocycles. The first-order valence-electron chi connectivity index (χ1n) is 41.5. The number of hydrogen-bond donors (Lipinski definition) is 0. The van der Waals surface area contributed by atoms with Crippen molar-refractivity contribution in [1.29, 1.82) is 0 Å². The van der Waals surface area contributed by atoms with Gasteiger partial charge in [-0.15, -0.1) is 0 Å². The number of ether oxygens (including phenoxy) is 1. The lowest BCUT2D eigenvalue weighted by Gasteiger charge is -2.28. The number of nitrogens with zero attached hydrogens (tertiary/aromatic N) is 4. The number of aromatic nitrogens is 2. The number of para-hydroxylation sites is 2. The molecule has 117 heavy (non-hydrogen) atoms. The topological polar surface area (TPSA) is 25.6 Å². The Bertz CT molecular complexity index is 6680. The Morgan fingerprint density at radius 2 is 0.641 bits per heavy atom. The number of benzene rings is 16. The normalized spacial score (nSPS) is 13.6. The molecule has 2 aliphatic carbocycles. The van der Waals surface area contributed by atoms with Crippen LogP contribution in [0.5, 0.6) is 0 Å². The number of rotatable bonds is 15. The zero-order chi connectivity index (χ0) is 79.3. The monoisotopic (exact) mass is 1510 g/mol. The van der Waals surface area contributed by atoms with E-state index in [-0.39, 0.29) is 10.8 Å². The van der Waals surface area contributed by atoms with Crippen LogP contribution in [-0.4, -0.2) is 22.3 Å². The fourth-order valence-corrected chi connectivity index (χ4v) is 18.3. The summed E-state index contributed by atoms with van der Waals surface area (Å²) in [4.78, 5) is 4.80. The summed E-state index contributed by atoms with van der Waals surface area (Å²) in [6, 6.07) is 138. The van der Waals surface area contributed by atoms with Gasteiger partial charge in [0.05, 0.1) is 22.1 Å². The lowest BCUT2D eigenvalue weighted by atomic mass is 9.82. The van der Waals surface area contributed by atoms with Gasteiger partial charge in [-0.1, -0.05) is 297 Å². The van der Waals surface area contributed by atoms with Crippen LogP contribution in [0.3, 0.4) is 0 Å². The Kier molecular flexibility index (Phi) is 19.5. The third-order valence-electron chi connectivity index (χ3n) is 24.9. The van der Waals surface area contributed by atoms with E-state index in [9.17, 15) is 0 Å². The second kappa shape index (κ2) is 31.0. The highest BCUT2D eigenvalue weighted by Gasteiger charge is 2.38. The summed E-state index contributed by atoms with van der Waals surface area (Å²) < 4.78 is 9.72. The van der Waals surface area contributed by atoms with Crippen LogP contribution in [0, 0.1) is 0 Å². The van der Waals surface area contributed by atoms with Crippen LogP contribution >= 0.6 is 0 Å². The molecule has 1 atom stereocenters. The van der Waals surface area contributed by atoms with Crippen molar-refractivity contribution in [3.8, 4) is 78.1 Å². The zero-order valence-electron chi connectivity index (χ0n) is 67.4. The average molecular weight is 1510 g/mol. The van der Waals surface area contributed by atoms with E-state index in [1.165, 1.54) is 157 Å². The summed E-state index contributed by atoms with van der Waals surface area (Å²) >= 11 is 0. The van der Waals surface area contributed by atoms with Crippen LogP contribution in [0.1, 0.15) is 100 Å². The van der Waals surface area contributed by atoms with E-state index in [0.29, 0.717) is 5.92 Å². The standard InChI is InChI=1S/C55H46N2.C53H40N2.C4H8O/c1-5-37(2)38-19-26-45(27-20-38)57-53-18-12-10-16-49(53)50-35-42(25-34-54(50)57)41-23-30-44(31-24-41)56(43-28-21-40(22-29-43)39-13-7-6-8-14-39)46-32-33-48-47-15-9-11-17-51(47)55(3,4)52(48)36-46;1-4-36-18-25-43(26-19-36)55-51-17-11-9-15-47(51)48-34-40(24-33-52(48)55)39-22-29-42(30-23-39)54(41-27-20-38(21-28-41)37-12-6-5-7-13-37)44-31-32-46-45-14-8-10-16-49(45)53(2,3)50(46)35-44;1-2-4-5-3-1/h6-37H,5H2,1-4H3;4-35H,1H2,2-3H3;1-4H2. The minimum absolute atomic E-state index is 0.0898. The molecule has 0 amide bonds. The van der Waals surface area contributed by atoms with Gasteiger partial charge >= 0.3 is 0 Å². The highest BCUT2D eigenvalue weighted by atomic mass is 16.5. The summed E-state index contributed by atoms with van der Waals surface area (Å²) in [5.74, 6) is 0.553. The van der Waals surface area contributed by atoms with Gasteiger partial charge < -0.3 is 23.7 Å². The molecule has 21 rings (SSSR count). The van der Waals surface area contributed by atoms with Crippen molar-refractivity contribution in [3.63, 3.8) is 0 Å². The molecule has 1 fully saturated rings. The number of anilines is 6. The molecule has 568 valence electrons. The summed E-state index contributed by atoms with van der Waals surface area (Å²) in [6.45, 7) is 19.9. The summed E-state index contributed by atoms with van der Waals surface area (Å²) in [7, 11) is 0. The van der Waals surface area contributed by atoms with Crippen LogP contribution in [-0.2, 0) is 15.6 Å². The molecule has 0 saturated carbocycles.